The summed E-state index contributed by atoms with van der Waals surface area (Å²) in [5.41, 5.74) is 3.52. The molecule has 1 N–H and O–H groups in total. The Morgan fingerprint density at radius 1 is 1.24 bits per heavy atom. The molecule has 3 nitrogen and oxygen atoms in total. The molecule has 1 atom stereocenters. The van der Waals surface area contributed by atoms with Crippen LogP contribution in [-0.4, -0.2) is 23.4 Å². The number of nitrogens with zero attached hydrogens (tertiary/aromatic N) is 2. The summed E-state index contributed by atoms with van der Waals surface area (Å²) in [7, 11) is 1.97. The first-order chi connectivity index (χ1) is 10.1. The van der Waals surface area contributed by atoms with Gasteiger partial charge < -0.3 is 5.32 Å². The molecule has 4 heteroatoms. The van der Waals surface area contributed by atoms with E-state index in [-0.39, 0.29) is 5.82 Å². The van der Waals surface area contributed by atoms with E-state index in [1.54, 1.807) is 0 Å². The first-order valence-electron chi connectivity index (χ1n) is 7.54. The van der Waals surface area contributed by atoms with Gasteiger partial charge in [-0.15, -0.1) is 0 Å². The third kappa shape index (κ3) is 4.39. The number of benzene rings is 1. The van der Waals surface area contributed by atoms with Crippen LogP contribution in [0.3, 0.4) is 0 Å². The molecule has 2 rings (SSSR count). The van der Waals surface area contributed by atoms with E-state index in [4.69, 9.17) is 0 Å². The average molecular weight is 289 g/mol. The molecular weight excluding hydrogens is 265 g/mol. The largest absolute Gasteiger partial charge is 0.319 e. The smallest absolute Gasteiger partial charge is 0.123 e. The van der Waals surface area contributed by atoms with E-state index in [9.17, 15) is 4.39 Å². The second-order valence-corrected chi connectivity index (χ2v) is 5.55. The molecule has 0 fully saturated rings. The van der Waals surface area contributed by atoms with Crippen LogP contribution in [-0.2, 0) is 19.4 Å². The molecule has 0 aliphatic rings. The Bertz CT molecular complexity index is 560. The summed E-state index contributed by atoms with van der Waals surface area (Å²) in [5, 5.41) is 7.77. The molecule has 0 radical (unpaired) electrons. The zero-order valence-electron chi connectivity index (χ0n) is 13.1. The highest BCUT2D eigenvalue weighted by molar-refractivity contribution is 5.18. The van der Waals surface area contributed by atoms with Gasteiger partial charge in [0.2, 0.25) is 0 Å². The molecule has 114 valence electrons. The van der Waals surface area contributed by atoms with Gasteiger partial charge in [0, 0.05) is 12.2 Å². The molecule has 0 amide bonds. The van der Waals surface area contributed by atoms with Gasteiger partial charge in [0.15, 0.2) is 0 Å². The standard InChI is InChI=1S/C17H24FN3/c1-4-21-17(9-13(2)20-21)11-15(12-19-3)10-14-5-7-16(18)8-6-14/h5-9,15,19H,4,10-12H2,1-3H3. The summed E-state index contributed by atoms with van der Waals surface area (Å²) in [6, 6.07) is 8.98. The van der Waals surface area contributed by atoms with E-state index in [2.05, 4.69) is 28.1 Å². The molecular formula is C17H24FN3. The first-order valence-corrected chi connectivity index (χ1v) is 7.54. The summed E-state index contributed by atoms with van der Waals surface area (Å²) >= 11 is 0. The molecule has 1 aromatic heterocycles. The average Bonchev–Trinajstić information content (AvgIpc) is 2.81. The normalized spacial score (nSPS) is 12.6. The maximum atomic E-state index is 13.0. The fraction of sp³-hybridized carbons (Fsp3) is 0.471. The van der Waals surface area contributed by atoms with Crippen LogP contribution in [0.4, 0.5) is 4.39 Å². The lowest BCUT2D eigenvalue weighted by molar-refractivity contribution is 0.469. The summed E-state index contributed by atoms with van der Waals surface area (Å²) in [6.07, 6.45) is 1.92. The van der Waals surface area contributed by atoms with Crippen LogP contribution >= 0.6 is 0 Å². The summed E-state index contributed by atoms with van der Waals surface area (Å²) < 4.78 is 15.1. The summed E-state index contributed by atoms with van der Waals surface area (Å²) in [6.45, 7) is 5.98. The molecule has 0 spiro atoms. The minimum absolute atomic E-state index is 0.177. The zero-order chi connectivity index (χ0) is 15.2. The van der Waals surface area contributed by atoms with Crippen molar-refractivity contribution in [1.82, 2.24) is 15.1 Å². The molecule has 2 aromatic rings. The number of hydrogen-bond donors (Lipinski definition) is 1. The minimum Gasteiger partial charge on any atom is -0.319 e. The lowest BCUT2D eigenvalue weighted by Crippen LogP contribution is -2.24. The Hall–Kier alpha value is -1.68. The van der Waals surface area contributed by atoms with E-state index in [0.29, 0.717) is 5.92 Å². The highest BCUT2D eigenvalue weighted by Gasteiger charge is 2.14. The zero-order valence-corrected chi connectivity index (χ0v) is 13.1. The highest BCUT2D eigenvalue weighted by atomic mass is 19.1. The van der Waals surface area contributed by atoms with Crippen molar-refractivity contribution in [1.29, 1.82) is 0 Å². The van der Waals surface area contributed by atoms with Gasteiger partial charge in [-0.3, -0.25) is 4.68 Å². The third-order valence-corrected chi connectivity index (χ3v) is 3.71. The maximum absolute atomic E-state index is 13.0. The molecule has 1 heterocycles. The van der Waals surface area contributed by atoms with Gasteiger partial charge in [-0.2, -0.15) is 5.10 Å². The van der Waals surface area contributed by atoms with Crippen molar-refractivity contribution in [2.45, 2.75) is 33.2 Å². The Morgan fingerprint density at radius 2 is 1.95 bits per heavy atom. The Kier molecular flexibility index (Phi) is 5.51. The van der Waals surface area contributed by atoms with Gasteiger partial charge in [0.25, 0.3) is 0 Å². The van der Waals surface area contributed by atoms with Crippen LogP contribution in [0.15, 0.2) is 30.3 Å². The molecule has 1 aromatic carbocycles. The molecule has 0 bridgehead atoms. The number of halogens is 1. The number of hydrogen-bond acceptors (Lipinski definition) is 2. The molecule has 0 aliphatic heterocycles. The van der Waals surface area contributed by atoms with Gasteiger partial charge in [-0.05, 0) is 70.0 Å². The van der Waals surface area contributed by atoms with Crippen molar-refractivity contribution in [3.05, 3.63) is 53.1 Å². The maximum Gasteiger partial charge on any atom is 0.123 e. The number of aryl methyl sites for hydroxylation is 2. The van der Waals surface area contributed by atoms with Crippen LogP contribution in [0.2, 0.25) is 0 Å². The van der Waals surface area contributed by atoms with Crippen LogP contribution < -0.4 is 5.32 Å². The SMILES string of the molecule is CCn1nc(C)cc1CC(CNC)Cc1ccc(F)cc1. The van der Waals surface area contributed by atoms with Crippen molar-refractivity contribution in [3.8, 4) is 0 Å². The van der Waals surface area contributed by atoms with E-state index < -0.39 is 0 Å². The van der Waals surface area contributed by atoms with Crippen LogP contribution in [0.25, 0.3) is 0 Å². The predicted molar refractivity (Wildman–Crippen MR) is 83.9 cm³/mol. The lowest BCUT2D eigenvalue weighted by Gasteiger charge is -2.17. The summed E-state index contributed by atoms with van der Waals surface area (Å²) in [5.74, 6) is 0.297. The minimum atomic E-state index is -0.177. The van der Waals surface area contributed by atoms with Gasteiger partial charge in [-0.25, -0.2) is 4.39 Å². The van der Waals surface area contributed by atoms with E-state index in [1.807, 2.05) is 26.1 Å². The second kappa shape index (κ2) is 7.36. The topological polar surface area (TPSA) is 29.9 Å². The number of aromatic nitrogens is 2. The Balaban J connectivity index is 2.09. The lowest BCUT2D eigenvalue weighted by atomic mass is 9.94. The van der Waals surface area contributed by atoms with Crippen molar-refractivity contribution in [3.63, 3.8) is 0 Å². The van der Waals surface area contributed by atoms with Crippen molar-refractivity contribution >= 4 is 0 Å². The fourth-order valence-electron chi connectivity index (χ4n) is 2.79. The van der Waals surface area contributed by atoms with Crippen molar-refractivity contribution < 1.29 is 4.39 Å². The van der Waals surface area contributed by atoms with Gasteiger partial charge in [0.1, 0.15) is 5.82 Å². The quantitative estimate of drug-likeness (QED) is 0.849. The predicted octanol–water partition coefficient (Wildman–Crippen LogP) is 2.97. The van der Waals surface area contributed by atoms with Crippen molar-refractivity contribution in [2.24, 2.45) is 5.92 Å². The highest BCUT2D eigenvalue weighted by Crippen LogP contribution is 2.16. The van der Waals surface area contributed by atoms with E-state index in [0.717, 1.165) is 31.6 Å². The molecule has 21 heavy (non-hydrogen) atoms. The van der Waals surface area contributed by atoms with Crippen LogP contribution in [0.1, 0.15) is 23.9 Å². The molecule has 0 aliphatic carbocycles. The van der Waals surface area contributed by atoms with Crippen LogP contribution in [0.5, 0.6) is 0 Å². The second-order valence-electron chi connectivity index (χ2n) is 5.55. The number of rotatable bonds is 7. The number of nitrogens with one attached hydrogen (secondary N) is 1. The fourth-order valence-corrected chi connectivity index (χ4v) is 2.79. The van der Waals surface area contributed by atoms with E-state index in [1.165, 1.54) is 23.4 Å². The third-order valence-electron chi connectivity index (χ3n) is 3.71. The van der Waals surface area contributed by atoms with E-state index >= 15 is 0 Å². The molecule has 1 unspecified atom stereocenters. The van der Waals surface area contributed by atoms with Gasteiger partial charge >= 0.3 is 0 Å². The van der Waals surface area contributed by atoms with Gasteiger partial charge in [0.05, 0.1) is 5.69 Å². The summed E-state index contributed by atoms with van der Waals surface area (Å²) in [4.78, 5) is 0. The molecule has 0 saturated heterocycles. The molecule has 0 saturated carbocycles. The first kappa shape index (κ1) is 15.7. The van der Waals surface area contributed by atoms with Crippen molar-refractivity contribution in [2.75, 3.05) is 13.6 Å². The monoisotopic (exact) mass is 289 g/mol. The van der Waals surface area contributed by atoms with Crippen LogP contribution in [0, 0.1) is 18.7 Å². The van der Waals surface area contributed by atoms with Gasteiger partial charge in [-0.1, -0.05) is 12.1 Å². The Labute approximate surface area is 126 Å². The Morgan fingerprint density at radius 3 is 2.57 bits per heavy atom.